The highest BCUT2D eigenvalue weighted by molar-refractivity contribution is 4.76. The van der Waals surface area contributed by atoms with Gasteiger partial charge in [-0.25, -0.2) is 8.78 Å². The monoisotopic (exact) mass is 270 g/mol. The third-order valence-corrected chi connectivity index (χ3v) is 3.60. The van der Waals surface area contributed by atoms with Crippen LogP contribution in [0.1, 0.15) is 26.2 Å². The predicted molar refractivity (Wildman–Crippen MR) is 63.2 cm³/mol. The summed E-state index contributed by atoms with van der Waals surface area (Å²) in [7, 11) is 0. The van der Waals surface area contributed by atoms with Crippen LogP contribution in [0.2, 0.25) is 0 Å². The second kappa shape index (κ2) is 7.28. The second-order valence-corrected chi connectivity index (χ2v) is 5.11. The molecule has 0 aromatic carbocycles. The van der Waals surface area contributed by atoms with Crippen LogP contribution in [-0.2, 0) is 0 Å². The highest BCUT2D eigenvalue weighted by Gasteiger charge is 2.39. The van der Waals surface area contributed by atoms with E-state index < -0.39 is 18.9 Å². The lowest BCUT2D eigenvalue weighted by Crippen LogP contribution is -2.40. The smallest absolute Gasteiger partial charge is 0.316 e. The van der Waals surface area contributed by atoms with Gasteiger partial charge in [-0.3, -0.25) is 0 Å². The standard InChI is InChI=1S/C12H22F4N2/c1-9(10-3-2-5-17-7-10)4-6-18-8-12(15,16)11(13)14/h9-11,17-18H,2-8H2,1H3. The minimum absolute atomic E-state index is 0.361. The van der Waals surface area contributed by atoms with Gasteiger partial charge < -0.3 is 10.6 Å². The quantitative estimate of drug-likeness (QED) is 0.548. The van der Waals surface area contributed by atoms with Crippen LogP contribution in [0.15, 0.2) is 0 Å². The van der Waals surface area contributed by atoms with Crippen molar-refractivity contribution in [3.63, 3.8) is 0 Å². The Morgan fingerprint density at radius 1 is 1.39 bits per heavy atom. The SMILES string of the molecule is CC(CCNCC(F)(F)C(F)F)C1CCCNC1. The zero-order valence-electron chi connectivity index (χ0n) is 10.7. The van der Waals surface area contributed by atoms with Crippen molar-refractivity contribution in [1.82, 2.24) is 10.6 Å². The molecule has 1 aliphatic rings. The van der Waals surface area contributed by atoms with Gasteiger partial charge in [-0.1, -0.05) is 6.92 Å². The largest absolute Gasteiger partial charge is 0.319 e. The molecule has 1 fully saturated rings. The van der Waals surface area contributed by atoms with E-state index in [0.717, 1.165) is 32.4 Å². The van der Waals surface area contributed by atoms with Gasteiger partial charge in [-0.15, -0.1) is 0 Å². The Morgan fingerprint density at radius 2 is 2.11 bits per heavy atom. The first kappa shape index (κ1) is 15.7. The van der Waals surface area contributed by atoms with Gasteiger partial charge in [0.15, 0.2) is 0 Å². The van der Waals surface area contributed by atoms with Gasteiger partial charge >= 0.3 is 12.3 Å². The minimum atomic E-state index is -3.92. The van der Waals surface area contributed by atoms with Crippen molar-refractivity contribution < 1.29 is 17.6 Å². The van der Waals surface area contributed by atoms with Crippen molar-refractivity contribution in [3.8, 4) is 0 Å². The third kappa shape index (κ3) is 5.10. The van der Waals surface area contributed by atoms with Gasteiger partial charge in [0.2, 0.25) is 0 Å². The summed E-state index contributed by atoms with van der Waals surface area (Å²) in [5.74, 6) is -2.93. The highest BCUT2D eigenvalue weighted by Crippen LogP contribution is 2.23. The van der Waals surface area contributed by atoms with Gasteiger partial charge in [0, 0.05) is 0 Å². The molecule has 6 heteroatoms. The molecule has 0 saturated carbocycles. The predicted octanol–water partition coefficient (Wildman–Crippen LogP) is 2.50. The Balaban J connectivity index is 2.13. The lowest BCUT2D eigenvalue weighted by molar-refractivity contribution is -0.125. The molecule has 2 unspecified atom stereocenters. The molecule has 2 N–H and O–H groups in total. The molecule has 0 radical (unpaired) electrons. The van der Waals surface area contributed by atoms with E-state index in [1.807, 2.05) is 0 Å². The maximum atomic E-state index is 12.6. The number of alkyl halides is 4. The van der Waals surface area contributed by atoms with Crippen LogP contribution in [0.3, 0.4) is 0 Å². The van der Waals surface area contributed by atoms with Crippen molar-refractivity contribution in [2.45, 2.75) is 38.5 Å². The fraction of sp³-hybridized carbons (Fsp3) is 1.00. The van der Waals surface area contributed by atoms with Gasteiger partial charge in [0.1, 0.15) is 0 Å². The summed E-state index contributed by atoms with van der Waals surface area (Å²) in [5.41, 5.74) is 0. The van der Waals surface area contributed by atoms with Crippen molar-refractivity contribution in [2.75, 3.05) is 26.2 Å². The maximum Gasteiger partial charge on any atom is 0.319 e. The van der Waals surface area contributed by atoms with Crippen molar-refractivity contribution >= 4 is 0 Å². The molecule has 1 rings (SSSR count). The Morgan fingerprint density at radius 3 is 2.67 bits per heavy atom. The van der Waals surface area contributed by atoms with Gasteiger partial charge in [-0.2, -0.15) is 8.78 Å². The van der Waals surface area contributed by atoms with Crippen LogP contribution in [0, 0.1) is 11.8 Å². The van der Waals surface area contributed by atoms with Gasteiger partial charge in [-0.05, 0) is 50.7 Å². The zero-order chi connectivity index (χ0) is 13.6. The summed E-state index contributed by atoms with van der Waals surface area (Å²) in [6, 6.07) is 0. The summed E-state index contributed by atoms with van der Waals surface area (Å²) in [6.07, 6.45) is -0.552. The molecule has 0 aromatic heterocycles. The Labute approximate surface area is 106 Å². The van der Waals surface area contributed by atoms with Crippen LogP contribution in [0.4, 0.5) is 17.6 Å². The van der Waals surface area contributed by atoms with E-state index in [1.165, 1.54) is 0 Å². The number of hydrogen-bond acceptors (Lipinski definition) is 2. The van der Waals surface area contributed by atoms with E-state index in [0.29, 0.717) is 18.4 Å². The molecule has 0 bridgehead atoms. The van der Waals surface area contributed by atoms with Crippen LogP contribution in [0.5, 0.6) is 0 Å². The van der Waals surface area contributed by atoms with E-state index in [2.05, 4.69) is 17.6 Å². The van der Waals surface area contributed by atoms with Crippen LogP contribution in [-0.4, -0.2) is 38.5 Å². The van der Waals surface area contributed by atoms with E-state index in [1.54, 1.807) is 0 Å². The van der Waals surface area contributed by atoms with Crippen molar-refractivity contribution in [2.24, 2.45) is 11.8 Å². The summed E-state index contributed by atoms with van der Waals surface area (Å²) in [4.78, 5) is 0. The summed E-state index contributed by atoms with van der Waals surface area (Å²) >= 11 is 0. The van der Waals surface area contributed by atoms with Crippen LogP contribution >= 0.6 is 0 Å². The maximum absolute atomic E-state index is 12.6. The summed E-state index contributed by atoms with van der Waals surface area (Å²) in [5, 5.41) is 5.73. The van der Waals surface area contributed by atoms with E-state index >= 15 is 0 Å². The summed E-state index contributed by atoms with van der Waals surface area (Å²) in [6.45, 7) is 3.52. The van der Waals surface area contributed by atoms with E-state index in [4.69, 9.17) is 0 Å². The Bertz CT molecular complexity index is 230. The highest BCUT2D eigenvalue weighted by atomic mass is 19.3. The van der Waals surface area contributed by atoms with Gasteiger partial charge in [0.05, 0.1) is 6.54 Å². The number of halogens is 4. The fourth-order valence-electron chi connectivity index (χ4n) is 2.26. The molecule has 18 heavy (non-hydrogen) atoms. The first-order chi connectivity index (χ1) is 8.43. The molecule has 0 aromatic rings. The molecule has 1 heterocycles. The molecule has 0 aliphatic carbocycles. The lowest BCUT2D eigenvalue weighted by atomic mass is 9.85. The average Bonchev–Trinajstić information content (AvgIpc) is 2.35. The zero-order valence-corrected chi connectivity index (χ0v) is 10.7. The van der Waals surface area contributed by atoms with E-state index in [-0.39, 0.29) is 0 Å². The normalized spacial score (nSPS) is 23.3. The molecular formula is C12H22F4N2. The molecule has 1 aliphatic heterocycles. The number of rotatable bonds is 7. The molecule has 0 amide bonds. The Kier molecular flexibility index (Phi) is 6.35. The number of nitrogens with one attached hydrogen (secondary N) is 2. The van der Waals surface area contributed by atoms with Crippen molar-refractivity contribution in [3.05, 3.63) is 0 Å². The third-order valence-electron chi connectivity index (χ3n) is 3.60. The molecule has 2 nitrogen and oxygen atoms in total. The molecule has 2 atom stereocenters. The topological polar surface area (TPSA) is 24.1 Å². The van der Waals surface area contributed by atoms with Crippen LogP contribution < -0.4 is 10.6 Å². The lowest BCUT2D eigenvalue weighted by Gasteiger charge is -2.28. The van der Waals surface area contributed by atoms with Gasteiger partial charge in [0.25, 0.3) is 0 Å². The van der Waals surface area contributed by atoms with Crippen LogP contribution in [0.25, 0.3) is 0 Å². The number of piperidine rings is 1. The second-order valence-electron chi connectivity index (χ2n) is 5.11. The molecule has 108 valence electrons. The molecular weight excluding hydrogens is 248 g/mol. The van der Waals surface area contributed by atoms with Crippen molar-refractivity contribution in [1.29, 1.82) is 0 Å². The first-order valence-electron chi connectivity index (χ1n) is 6.51. The number of hydrogen-bond donors (Lipinski definition) is 2. The minimum Gasteiger partial charge on any atom is -0.316 e. The average molecular weight is 270 g/mol. The fourth-order valence-corrected chi connectivity index (χ4v) is 2.26. The van der Waals surface area contributed by atoms with E-state index in [9.17, 15) is 17.6 Å². The molecule has 1 saturated heterocycles. The Hall–Kier alpha value is -0.360. The molecule has 0 spiro atoms. The summed E-state index contributed by atoms with van der Waals surface area (Å²) < 4.78 is 49.0. The first-order valence-corrected chi connectivity index (χ1v) is 6.51.